The van der Waals surface area contributed by atoms with Crippen molar-refractivity contribution >= 4 is 17.6 Å². The number of carbonyl (C=O) groups excluding carboxylic acids is 2. The molecule has 8 heteroatoms. The van der Waals surface area contributed by atoms with Crippen LogP contribution in [-0.4, -0.2) is 34.1 Å². The van der Waals surface area contributed by atoms with Gasteiger partial charge in [0.15, 0.2) is 11.5 Å². The molecule has 0 fully saturated rings. The Hall–Kier alpha value is -3.55. The fourth-order valence-corrected chi connectivity index (χ4v) is 2.06. The average molecular weight is 338 g/mol. The predicted molar refractivity (Wildman–Crippen MR) is 88.0 cm³/mol. The van der Waals surface area contributed by atoms with Crippen molar-refractivity contribution in [2.45, 2.75) is 6.92 Å². The summed E-state index contributed by atoms with van der Waals surface area (Å²) in [7, 11) is 1.21. The minimum atomic E-state index is -0.700. The van der Waals surface area contributed by atoms with Crippen LogP contribution < -0.4 is 5.32 Å². The standard InChI is InChI=1S/C17H14N4O4/c1-10-7-8-18-15(19-10)11-3-5-12(6-4-11)20-16(22)13-9-14(25-21-13)17(23)24-2/h3-9H,1-2H3,(H,20,22). The molecule has 0 unspecified atom stereocenters. The van der Waals surface area contributed by atoms with Gasteiger partial charge in [-0.2, -0.15) is 0 Å². The van der Waals surface area contributed by atoms with Crippen LogP contribution in [0.3, 0.4) is 0 Å². The summed E-state index contributed by atoms with van der Waals surface area (Å²) < 4.78 is 9.26. The molecule has 0 saturated heterocycles. The van der Waals surface area contributed by atoms with E-state index in [-0.39, 0.29) is 11.5 Å². The van der Waals surface area contributed by atoms with Crippen molar-refractivity contribution in [1.29, 1.82) is 0 Å². The zero-order valence-electron chi connectivity index (χ0n) is 13.5. The highest BCUT2D eigenvalue weighted by atomic mass is 16.5. The number of nitrogens with zero attached hydrogens (tertiary/aromatic N) is 3. The number of aryl methyl sites for hydroxylation is 1. The summed E-state index contributed by atoms with van der Waals surface area (Å²) >= 11 is 0. The maximum absolute atomic E-state index is 12.1. The largest absolute Gasteiger partial charge is 0.463 e. The van der Waals surface area contributed by atoms with Crippen molar-refractivity contribution < 1.29 is 18.8 Å². The van der Waals surface area contributed by atoms with Gasteiger partial charge in [-0.05, 0) is 37.3 Å². The van der Waals surface area contributed by atoms with Crippen molar-refractivity contribution in [3.63, 3.8) is 0 Å². The smallest absolute Gasteiger partial charge is 0.376 e. The van der Waals surface area contributed by atoms with E-state index >= 15 is 0 Å². The summed E-state index contributed by atoms with van der Waals surface area (Å²) in [5, 5.41) is 6.21. The van der Waals surface area contributed by atoms with Crippen molar-refractivity contribution in [3.8, 4) is 11.4 Å². The third kappa shape index (κ3) is 3.69. The molecule has 0 saturated carbocycles. The van der Waals surface area contributed by atoms with Crippen LogP contribution in [0.15, 0.2) is 47.1 Å². The number of hydrogen-bond acceptors (Lipinski definition) is 7. The van der Waals surface area contributed by atoms with E-state index in [0.717, 1.165) is 11.3 Å². The van der Waals surface area contributed by atoms with Gasteiger partial charge in [-0.3, -0.25) is 4.79 Å². The second-order valence-electron chi connectivity index (χ2n) is 5.12. The first-order valence-corrected chi connectivity index (χ1v) is 7.33. The summed E-state index contributed by atoms with van der Waals surface area (Å²) in [6.07, 6.45) is 1.69. The molecule has 0 spiro atoms. The maximum atomic E-state index is 12.1. The average Bonchev–Trinajstić information content (AvgIpc) is 3.12. The van der Waals surface area contributed by atoms with Gasteiger partial charge in [-0.15, -0.1) is 0 Å². The van der Waals surface area contributed by atoms with Crippen LogP contribution >= 0.6 is 0 Å². The first-order valence-electron chi connectivity index (χ1n) is 7.33. The lowest BCUT2D eigenvalue weighted by molar-refractivity contribution is 0.0554. The molecule has 3 aromatic rings. The Kier molecular flexibility index (Phi) is 4.51. The molecule has 0 aliphatic carbocycles. The molecule has 1 amide bonds. The van der Waals surface area contributed by atoms with Gasteiger partial charge in [0.2, 0.25) is 5.76 Å². The highest BCUT2D eigenvalue weighted by Crippen LogP contribution is 2.18. The molecule has 8 nitrogen and oxygen atoms in total. The maximum Gasteiger partial charge on any atom is 0.376 e. The second kappa shape index (κ2) is 6.91. The molecule has 0 aliphatic rings. The van der Waals surface area contributed by atoms with Crippen molar-refractivity contribution in [2.75, 3.05) is 12.4 Å². The van der Waals surface area contributed by atoms with E-state index in [1.165, 1.54) is 13.2 Å². The molecule has 0 radical (unpaired) electrons. The topological polar surface area (TPSA) is 107 Å². The van der Waals surface area contributed by atoms with Gasteiger partial charge in [-0.25, -0.2) is 14.8 Å². The van der Waals surface area contributed by atoms with Crippen molar-refractivity contribution in [1.82, 2.24) is 15.1 Å². The minimum Gasteiger partial charge on any atom is -0.463 e. The van der Waals surface area contributed by atoms with E-state index in [9.17, 15) is 9.59 Å². The number of hydrogen-bond donors (Lipinski definition) is 1. The zero-order valence-corrected chi connectivity index (χ0v) is 13.5. The number of aromatic nitrogens is 3. The summed E-state index contributed by atoms with van der Waals surface area (Å²) in [5.41, 5.74) is 2.24. The lowest BCUT2D eigenvalue weighted by Crippen LogP contribution is -2.12. The highest BCUT2D eigenvalue weighted by molar-refractivity contribution is 6.03. The first-order chi connectivity index (χ1) is 12.1. The molecule has 0 aliphatic heterocycles. The number of rotatable bonds is 4. The molecule has 3 rings (SSSR count). The number of methoxy groups -OCH3 is 1. The molecule has 2 heterocycles. The van der Waals surface area contributed by atoms with Gasteiger partial charge in [0.05, 0.1) is 7.11 Å². The third-order valence-corrected chi connectivity index (χ3v) is 3.33. The quantitative estimate of drug-likeness (QED) is 0.728. The molecule has 126 valence electrons. The SMILES string of the molecule is COC(=O)c1cc(C(=O)Nc2ccc(-c3nccc(C)n3)cc2)no1. The Balaban J connectivity index is 1.72. The van der Waals surface area contributed by atoms with Gasteiger partial charge < -0.3 is 14.6 Å². The summed E-state index contributed by atoms with van der Waals surface area (Å²) in [4.78, 5) is 32.0. The molecule has 2 aromatic heterocycles. The van der Waals surface area contributed by atoms with E-state index < -0.39 is 11.9 Å². The number of anilines is 1. The van der Waals surface area contributed by atoms with Gasteiger partial charge in [-0.1, -0.05) is 5.16 Å². The summed E-state index contributed by atoms with van der Waals surface area (Å²) in [6, 6.07) is 10.1. The number of nitrogens with one attached hydrogen (secondary N) is 1. The molecule has 1 N–H and O–H groups in total. The van der Waals surface area contributed by atoms with E-state index in [0.29, 0.717) is 11.5 Å². The molecular formula is C17H14N4O4. The van der Waals surface area contributed by atoms with Crippen LogP contribution in [0.4, 0.5) is 5.69 Å². The minimum absolute atomic E-state index is 0.0218. The zero-order chi connectivity index (χ0) is 17.8. The fraction of sp³-hybridized carbons (Fsp3) is 0.118. The Morgan fingerprint density at radius 3 is 2.60 bits per heavy atom. The van der Waals surface area contributed by atoms with E-state index in [1.807, 2.05) is 13.0 Å². The Bertz CT molecular complexity index is 918. The van der Waals surface area contributed by atoms with Gasteiger partial charge in [0.1, 0.15) is 0 Å². The lowest BCUT2D eigenvalue weighted by Gasteiger charge is -2.05. The Morgan fingerprint density at radius 1 is 1.16 bits per heavy atom. The van der Waals surface area contributed by atoms with Gasteiger partial charge in [0, 0.05) is 29.2 Å². The summed E-state index contributed by atoms with van der Waals surface area (Å²) in [5.74, 6) is -0.732. The van der Waals surface area contributed by atoms with E-state index in [1.54, 1.807) is 30.5 Å². The lowest BCUT2D eigenvalue weighted by atomic mass is 10.2. The number of ether oxygens (including phenoxy) is 1. The molecular weight excluding hydrogens is 324 g/mol. The summed E-state index contributed by atoms with van der Waals surface area (Å²) in [6.45, 7) is 1.89. The van der Waals surface area contributed by atoms with Crippen LogP contribution in [-0.2, 0) is 4.74 Å². The first kappa shape index (κ1) is 16.3. The van der Waals surface area contributed by atoms with Crippen molar-refractivity contribution in [2.24, 2.45) is 0 Å². The molecule has 1 aromatic carbocycles. The van der Waals surface area contributed by atoms with Crippen LogP contribution in [0.25, 0.3) is 11.4 Å². The number of esters is 1. The van der Waals surface area contributed by atoms with Crippen molar-refractivity contribution in [3.05, 3.63) is 59.7 Å². The van der Waals surface area contributed by atoms with E-state index in [4.69, 9.17) is 4.52 Å². The monoisotopic (exact) mass is 338 g/mol. The highest BCUT2D eigenvalue weighted by Gasteiger charge is 2.17. The number of amides is 1. The fourth-order valence-electron chi connectivity index (χ4n) is 2.06. The predicted octanol–water partition coefficient (Wildman–Crippen LogP) is 2.48. The third-order valence-electron chi connectivity index (χ3n) is 3.33. The Labute approximate surface area is 142 Å². The molecule has 0 atom stereocenters. The Morgan fingerprint density at radius 2 is 1.92 bits per heavy atom. The number of benzene rings is 1. The number of carbonyl (C=O) groups is 2. The van der Waals surface area contributed by atoms with Gasteiger partial charge in [0.25, 0.3) is 5.91 Å². The molecule has 25 heavy (non-hydrogen) atoms. The normalized spacial score (nSPS) is 10.3. The van der Waals surface area contributed by atoms with E-state index in [2.05, 4.69) is 25.2 Å². The van der Waals surface area contributed by atoms with Crippen LogP contribution in [0.1, 0.15) is 26.7 Å². The van der Waals surface area contributed by atoms with Crippen LogP contribution in [0.2, 0.25) is 0 Å². The second-order valence-corrected chi connectivity index (χ2v) is 5.12. The van der Waals surface area contributed by atoms with Crippen LogP contribution in [0, 0.1) is 6.92 Å². The molecule has 0 bridgehead atoms. The van der Waals surface area contributed by atoms with Gasteiger partial charge >= 0.3 is 5.97 Å². The van der Waals surface area contributed by atoms with Crippen LogP contribution in [0.5, 0.6) is 0 Å².